The van der Waals surface area contributed by atoms with Crippen molar-refractivity contribution in [2.75, 3.05) is 0 Å². The largest absolute Gasteiger partial charge is 0.463 e. The first kappa shape index (κ1) is 7.38. The molecule has 3 rings (SSSR count). The predicted octanol–water partition coefficient (Wildman–Crippen LogP) is 2.82. The molecule has 0 aromatic carbocycles. The Morgan fingerprint density at radius 2 is 2.21 bits per heavy atom. The van der Waals surface area contributed by atoms with Crippen molar-refractivity contribution in [2.24, 2.45) is 0 Å². The zero-order valence-electron chi connectivity index (χ0n) is 7.40. The normalized spacial score (nSPS) is 10.9. The Morgan fingerprint density at radius 3 is 3.07 bits per heavy atom. The third kappa shape index (κ3) is 0.956. The quantitative estimate of drug-likeness (QED) is 0.631. The fourth-order valence-electron chi connectivity index (χ4n) is 1.58. The molecular weight excluding hydrogens is 176 g/mol. The van der Waals surface area contributed by atoms with Gasteiger partial charge in [-0.05, 0) is 24.3 Å². The molecule has 0 unspecified atom stereocenters. The van der Waals surface area contributed by atoms with E-state index in [2.05, 4.69) is 9.97 Å². The van der Waals surface area contributed by atoms with Gasteiger partial charge in [0.15, 0.2) is 5.76 Å². The minimum absolute atomic E-state index is 0.790. The lowest BCUT2D eigenvalue weighted by molar-refractivity contribution is 0.580. The molecule has 3 aromatic heterocycles. The molecule has 0 aliphatic rings. The number of hydrogen-bond donors (Lipinski definition) is 1. The van der Waals surface area contributed by atoms with Gasteiger partial charge in [0.25, 0.3) is 0 Å². The van der Waals surface area contributed by atoms with Crippen LogP contribution in [0.15, 0.2) is 47.3 Å². The van der Waals surface area contributed by atoms with E-state index in [4.69, 9.17) is 4.42 Å². The summed E-state index contributed by atoms with van der Waals surface area (Å²) in [5, 5.41) is 1.14. The summed E-state index contributed by atoms with van der Waals surface area (Å²) in [6, 6.07) is 7.75. The lowest BCUT2D eigenvalue weighted by Gasteiger charge is -1.97. The number of nitrogens with zero attached hydrogens (tertiary/aromatic N) is 1. The van der Waals surface area contributed by atoms with Crippen LogP contribution in [0.25, 0.3) is 22.4 Å². The summed E-state index contributed by atoms with van der Waals surface area (Å²) >= 11 is 0. The summed E-state index contributed by atoms with van der Waals surface area (Å²) in [6.07, 6.45) is 5.34. The van der Waals surface area contributed by atoms with Crippen LogP contribution in [-0.2, 0) is 0 Å². The van der Waals surface area contributed by atoms with E-state index in [1.54, 1.807) is 12.5 Å². The van der Waals surface area contributed by atoms with Crippen LogP contribution in [0.4, 0.5) is 0 Å². The second-order valence-electron chi connectivity index (χ2n) is 3.08. The highest BCUT2D eigenvalue weighted by atomic mass is 16.3. The van der Waals surface area contributed by atoms with E-state index in [0.29, 0.717) is 0 Å². The maximum atomic E-state index is 5.31. The van der Waals surface area contributed by atoms with Crippen LogP contribution in [0.3, 0.4) is 0 Å². The van der Waals surface area contributed by atoms with Gasteiger partial charge in [0, 0.05) is 17.8 Å². The fraction of sp³-hybridized carbons (Fsp3) is 0. The first-order valence-electron chi connectivity index (χ1n) is 4.41. The summed E-state index contributed by atoms with van der Waals surface area (Å²) in [5.41, 5.74) is 1.87. The average molecular weight is 184 g/mol. The predicted molar refractivity (Wildman–Crippen MR) is 53.8 cm³/mol. The van der Waals surface area contributed by atoms with Crippen LogP contribution in [0.5, 0.6) is 0 Å². The Balaban J connectivity index is 2.36. The lowest BCUT2D eigenvalue weighted by Crippen LogP contribution is -1.82. The molecule has 3 heterocycles. The van der Waals surface area contributed by atoms with Crippen LogP contribution in [0, 0.1) is 0 Å². The Kier molecular flexibility index (Phi) is 1.44. The van der Waals surface area contributed by atoms with Crippen LogP contribution in [-0.4, -0.2) is 9.97 Å². The molecular formula is C11H8N2O. The van der Waals surface area contributed by atoms with Crippen LogP contribution < -0.4 is 0 Å². The standard InChI is InChI=1S/C11H8N2O/c1-2-9(14-7-1)11-10-8(3-5-12-10)4-6-13-11/h1-7,12H. The van der Waals surface area contributed by atoms with E-state index in [0.717, 1.165) is 22.4 Å². The minimum Gasteiger partial charge on any atom is -0.463 e. The number of rotatable bonds is 1. The van der Waals surface area contributed by atoms with E-state index < -0.39 is 0 Å². The summed E-state index contributed by atoms with van der Waals surface area (Å²) in [5.74, 6) is 0.790. The third-order valence-corrected chi connectivity index (χ3v) is 2.23. The molecule has 1 N–H and O–H groups in total. The number of nitrogens with one attached hydrogen (secondary N) is 1. The Morgan fingerprint density at radius 1 is 1.21 bits per heavy atom. The van der Waals surface area contributed by atoms with Crippen LogP contribution in [0.1, 0.15) is 0 Å². The maximum Gasteiger partial charge on any atom is 0.154 e. The Hall–Kier alpha value is -2.03. The highest BCUT2D eigenvalue weighted by molar-refractivity contribution is 5.90. The molecule has 14 heavy (non-hydrogen) atoms. The summed E-state index contributed by atoms with van der Waals surface area (Å²) in [7, 11) is 0. The molecule has 0 saturated heterocycles. The van der Waals surface area contributed by atoms with Crippen molar-refractivity contribution in [1.82, 2.24) is 9.97 Å². The van der Waals surface area contributed by atoms with Gasteiger partial charge in [-0.3, -0.25) is 4.98 Å². The lowest BCUT2D eigenvalue weighted by atomic mass is 10.2. The summed E-state index contributed by atoms with van der Waals surface area (Å²) in [6.45, 7) is 0. The monoisotopic (exact) mass is 184 g/mol. The van der Waals surface area contributed by atoms with E-state index in [1.807, 2.05) is 30.5 Å². The number of pyridine rings is 1. The molecule has 0 atom stereocenters. The number of aromatic nitrogens is 2. The second-order valence-corrected chi connectivity index (χ2v) is 3.08. The number of hydrogen-bond acceptors (Lipinski definition) is 2. The second kappa shape index (κ2) is 2.73. The molecule has 3 heteroatoms. The van der Waals surface area contributed by atoms with Gasteiger partial charge in [0.2, 0.25) is 0 Å². The highest BCUT2D eigenvalue weighted by Gasteiger charge is 2.07. The van der Waals surface area contributed by atoms with Crippen molar-refractivity contribution in [3.8, 4) is 11.5 Å². The highest BCUT2D eigenvalue weighted by Crippen LogP contribution is 2.24. The van der Waals surface area contributed by atoms with Crippen molar-refractivity contribution >= 4 is 10.9 Å². The van der Waals surface area contributed by atoms with Crippen molar-refractivity contribution in [1.29, 1.82) is 0 Å². The topological polar surface area (TPSA) is 41.8 Å². The SMILES string of the molecule is c1coc(-c2nccc3cc[nH]c23)c1. The Labute approximate surface area is 80.4 Å². The summed E-state index contributed by atoms with van der Waals surface area (Å²) < 4.78 is 5.31. The number of fused-ring (bicyclic) bond motifs is 1. The van der Waals surface area contributed by atoms with Crippen molar-refractivity contribution in [3.63, 3.8) is 0 Å². The number of aromatic amines is 1. The van der Waals surface area contributed by atoms with Gasteiger partial charge in [-0.25, -0.2) is 0 Å². The average Bonchev–Trinajstić information content (AvgIpc) is 2.88. The number of H-pyrrole nitrogens is 1. The smallest absolute Gasteiger partial charge is 0.154 e. The van der Waals surface area contributed by atoms with Crippen molar-refractivity contribution in [3.05, 3.63) is 42.9 Å². The van der Waals surface area contributed by atoms with E-state index >= 15 is 0 Å². The van der Waals surface area contributed by atoms with Crippen molar-refractivity contribution < 1.29 is 4.42 Å². The zero-order chi connectivity index (χ0) is 9.38. The molecule has 0 aliphatic carbocycles. The third-order valence-electron chi connectivity index (χ3n) is 2.23. The zero-order valence-corrected chi connectivity index (χ0v) is 7.40. The molecule has 0 spiro atoms. The van der Waals surface area contributed by atoms with E-state index in [9.17, 15) is 0 Å². The van der Waals surface area contributed by atoms with Gasteiger partial charge in [-0.15, -0.1) is 0 Å². The molecule has 0 bridgehead atoms. The molecule has 0 amide bonds. The molecule has 0 radical (unpaired) electrons. The van der Waals surface area contributed by atoms with Gasteiger partial charge in [-0.2, -0.15) is 0 Å². The first-order valence-corrected chi connectivity index (χ1v) is 4.41. The van der Waals surface area contributed by atoms with E-state index in [1.165, 1.54) is 0 Å². The molecule has 68 valence electrons. The Bertz CT molecular complexity index is 551. The van der Waals surface area contributed by atoms with Gasteiger partial charge in [0.1, 0.15) is 5.69 Å². The maximum absolute atomic E-state index is 5.31. The molecule has 3 aromatic rings. The van der Waals surface area contributed by atoms with E-state index in [-0.39, 0.29) is 0 Å². The van der Waals surface area contributed by atoms with Gasteiger partial charge in [-0.1, -0.05) is 0 Å². The molecule has 0 fully saturated rings. The van der Waals surface area contributed by atoms with Crippen LogP contribution in [0.2, 0.25) is 0 Å². The number of furan rings is 1. The van der Waals surface area contributed by atoms with Crippen molar-refractivity contribution in [2.45, 2.75) is 0 Å². The fourth-order valence-corrected chi connectivity index (χ4v) is 1.58. The first-order chi connectivity index (χ1) is 6.95. The molecule has 3 nitrogen and oxygen atoms in total. The summed E-state index contributed by atoms with van der Waals surface area (Å²) in [4.78, 5) is 7.45. The molecule has 0 saturated carbocycles. The van der Waals surface area contributed by atoms with Gasteiger partial charge in [0.05, 0.1) is 11.8 Å². The molecule has 0 aliphatic heterocycles. The van der Waals surface area contributed by atoms with Gasteiger partial charge < -0.3 is 9.40 Å². The van der Waals surface area contributed by atoms with Crippen LogP contribution >= 0.6 is 0 Å². The minimum atomic E-state index is 0.790. The van der Waals surface area contributed by atoms with Gasteiger partial charge >= 0.3 is 0 Å².